The summed E-state index contributed by atoms with van der Waals surface area (Å²) in [6.07, 6.45) is 7.77. The molecule has 1 aliphatic carbocycles. The van der Waals surface area contributed by atoms with E-state index < -0.39 is 0 Å². The SMILES string of the molecule is Cn1cc(Cl)cc1C(=O)N1CCC2(CC1)CN(C1CCC3(CC1)OCCO3)CCO2. The number of halogens is 1. The van der Waals surface area contributed by atoms with Gasteiger partial charge in [-0.2, -0.15) is 0 Å². The summed E-state index contributed by atoms with van der Waals surface area (Å²) >= 11 is 6.06. The maximum atomic E-state index is 12.9. The number of amides is 1. The van der Waals surface area contributed by atoms with Crippen molar-refractivity contribution in [2.24, 2.45) is 7.05 Å². The molecule has 4 fully saturated rings. The lowest BCUT2D eigenvalue weighted by atomic mass is 9.85. The third kappa shape index (κ3) is 3.91. The Labute approximate surface area is 183 Å². The third-order valence-electron chi connectivity index (χ3n) is 7.48. The summed E-state index contributed by atoms with van der Waals surface area (Å²) in [5.41, 5.74) is 0.519. The monoisotopic (exact) mass is 437 g/mol. The molecule has 0 bridgehead atoms. The fourth-order valence-electron chi connectivity index (χ4n) is 5.70. The van der Waals surface area contributed by atoms with Crippen molar-refractivity contribution < 1.29 is 19.0 Å². The Morgan fingerprint density at radius 2 is 1.73 bits per heavy atom. The van der Waals surface area contributed by atoms with Gasteiger partial charge in [0.2, 0.25) is 0 Å². The summed E-state index contributed by atoms with van der Waals surface area (Å²) in [5.74, 6) is -0.243. The minimum absolute atomic E-state index is 0.0565. The highest BCUT2D eigenvalue weighted by Crippen LogP contribution is 2.39. The highest BCUT2D eigenvalue weighted by molar-refractivity contribution is 6.31. The Balaban J connectivity index is 1.17. The minimum atomic E-state index is -0.300. The highest BCUT2D eigenvalue weighted by atomic mass is 35.5. The molecule has 2 spiro atoms. The standard InChI is InChI=1S/C22H32ClN3O4/c1-24-15-17(23)14-19(24)20(27)25-8-6-21(7-9-25)16-26(10-11-28-21)18-2-4-22(5-3-18)29-12-13-30-22/h14-15,18H,2-13,16H2,1H3. The number of piperidine rings is 1. The van der Waals surface area contributed by atoms with Crippen LogP contribution in [0.2, 0.25) is 5.02 Å². The van der Waals surface area contributed by atoms with Gasteiger partial charge >= 0.3 is 0 Å². The second kappa shape index (κ2) is 8.10. The van der Waals surface area contributed by atoms with Gasteiger partial charge in [0.15, 0.2) is 5.79 Å². The van der Waals surface area contributed by atoms with Gasteiger partial charge in [-0.25, -0.2) is 0 Å². The number of carbonyl (C=O) groups excluding carboxylic acids is 1. The summed E-state index contributed by atoms with van der Waals surface area (Å²) in [6.45, 7) is 5.65. The molecule has 3 aliphatic heterocycles. The van der Waals surface area contributed by atoms with E-state index in [0.717, 1.165) is 84.5 Å². The molecule has 4 aliphatic rings. The topological polar surface area (TPSA) is 56.2 Å². The summed E-state index contributed by atoms with van der Waals surface area (Å²) in [7, 11) is 1.86. The number of aryl methyl sites for hydroxylation is 1. The molecular formula is C22H32ClN3O4. The van der Waals surface area contributed by atoms with Gasteiger partial charge in [-0.05, 0) is 31.7 Å². The normalized spacial score (nSPS) is 27.2. The lowest BCUT2D eigenvalue weighted by Crippen LogP contribution is -2.60. The molecule has 7 nitrogen and oxygen atoms in total. The molecule has 0 aromatic carbocycles. The Hall–Kier alpha value is -1.12. The number of hydrogen-bond donors (Lipinski definition) is 0. The minimum Gasteiger partial charge on any atom is -0.372 e. The number of likely N-dealkylation sites (tertiary alicyclic amines) is 1. The van der Waals surface area contributed by atoms with Crippen LogP contribution in [0.5, 0.6) is 0 Å². The van der Waals surface area contributed by atoms with Crippen LogP contribution in [0.3, 0.4) is 0 Å². The van der Waals surface area contributed by atoms with Gasteiger partial charge in [0, 0.05) is 58.3 Å². The van der Waals surface area contributed by atoms with E-state index >= 15 is 0 Å². The maximum Gasteiger partial charge on any atom is 0.270 e. The number of morpholine rings is 1. The van der Waals surface area contributed by atoms with Crippen LogP contribution in [0.25, 0.3) is 0 Å². The maximum absolute atomic E-state index is 12.9. The van der Waals surface area contributed by atoms with Crippen LogP contribution >= 0.6 is 11.6 Å². The van der Waals surface area contributed by atoms with E-state index in [1.54, 1.807) is 12.3 Å². The first-order valence-electron chi connectivity index (χ1n) is 11.2. The molecule has 0 atom stereocenters. The van der Waals surface area contributed by atoms with Gasteiger partial charge in [-0.3, -0.25) is 9.69 Å². The van der Waals surface area contributed by atoms with Crippen molar-refractivity contribution in [2.75, 3.05) is 46.0 Å². The van der Waals surface area contributed by atoms with Gasteiger partial charge < -0.3 is 23.7 Å². The largest absolute Gasteiger partial charge is 0.372 e. The van der Waals surface area contributed by atoms with Crippen molar-refractivity contribution in [1.29, 1.82) is 0 Å². The van der Waals surface area contributed by atoms with E-state index in [1.807, 2.05) is 16.5 Å². The van der Waals surface area contributed by atoms with Gasteiger partial charge in [0.1, 0.15) is 5.69 Å². The van der Waals surface area contributed by atoms with E-state index in [-0.39, 0.29) is 17.3 Å². The molecule has 0 N–H and O–H groups in total. The van der Waals surface area contributed by atoms with Gasteiger partial charge in [0.25, 0.3) is 5.91 Å². The van der Waals surface area contributed by atoms with Crippen LogP contribution in [0.15, 0.2) is 12.3 Å². The first kappa shape index (κ1) is 20.8. The molecule has 3 saturated heterocycles. The Bertz CT molecular complexity index is 773. The zero-order valence-corrected chi connectivity index (χ0v) is 18.5. The predicted molar refractivity (Wildman–Crippen MR) is 113 cm³/mol. The van der Waals surface area contributed by atoms with Crippen molar-refractivity contribution in [2.45, 2.75) is 56.0 Å². The number of aromatic nitrogens is 1. The molecule has 1 aromatic rings. The average Bonchev–Trinajstić information content (AvgIpc) is 3.34. The smallest absolute Gasteiger partial charge is 0.270 e. The summed E-state index contributed by atoms with van der Waals surface area (Å²) in [6, 6.07) is 2.33. The van der Waals surface area contributed by atoms with Gasteiger partial charge in [-0.1, -0.05) is 11.6 Å². The lowest BCUT2D eigenvalue weighted by Gasteiger charge is -2.50. The molecule has 5 rings (SSSR count). The number of ether oxygens (including phenoxy) is 3. The average molecular weight is 438 g/mol. The van der Waals surface area contributed by atoms with Crippen molar-refractivity contribution in [1.82, 2.24) is 14.4 Å². The van der Waals surface area contributed by atoms with Crippen LogP contribution in [-0.2, 0) is 21.3 Å². The summed E-state index contributed by atoms with van der Waals surface area (Å²) < 4.78 is 19.9. The Kier molecular flexibility index (Phi) is 5.60. The predicted octanol–water partition coefficient (Wildman–Crippen LogP) is 2.67. The molecular weight excluding hydrogens is 406 g/mol. The number of nitrogens with zero attached hydrogens (tertiary/aromatic N) is 3. The van der Waals surface area contributed by atoms with Crippen molar-refractivity contribution in [3.63, 3.8) is 0 Å². The van der Waals surface area contributed by atoms with Crippen molar-refractivity contribution >= 4 is 17.5 Å². The molecule has 0 radical (unpaired) electrons. The second-order valence-corrected chi connectivity index (χ2v) is 9.72. The Morgan fingerprint density at radius 1 is 1.03 bits per heavy atom. The molecule has 1 saturated carbocycles. The third-order valence-corrected chi connectivity index (χ3v) is 7.68. The summed E-state index contributed by atoms with van der Waals surface area (Å²) in [5, 5.41) is 0.600. The van der Waals surface area contributed by atoms with Crippen molar-refractivity contribution in [3.05, 3.63) is 23.0 Å². The zero-order valence-electron chi connectivity index (χ0n) is 17.8. The molecule has 1 amide bonds. The van der Waals surface area contributed by atoms with E-state index in [2.05, 4.69) is 4.90 Å². The van der Waals surface area contributed by atoms with E-state index in [4.69, 9.17) is 25.8 Å². The fourth-order valence-corrected chi connectivity index (χ4v) is 5.95. The van der Waals surface area contributed by atoms with Gasteiger partial charge in [-0.15, -0.1) is 0 Å². The number of carbonyl (C=O) groups is 1. The quantitative estimate of drug-likeness (QED) is 0.712. The van der Waals surface area contributed by atoms with Gasteiger partial charge in [0.05, 0.1) is 30.4 Å². The number of rotatable bonds is 2. The van der Waals surface area contributed by atoms with Crippen molar-refractivity contribution in [3.8, 4) is 0 Å². The number of hydrogen-bond acceptors (Lipinski definition) is 5. The molecule has 166 valence electrons. The van der Waals surface area contributed by atoms with Crippen LogP contribution < -0.4 is 0 Å². The second-order valence-electron chi connectivity index (χ2n) is 9.29. The molecule has 4 heterocycles. The zero-order chi connectivity index (χ0) is 20.8. The molecule has 0 unspecified atom stereocenters. The highest BCUT2D eigenvalue weighted by Gasteiger charge is 2.45. The molecule has 1 aromatic heterocycles. The van der Waals surface area contributed by atoms with Crippen LogP contribution in [-0.4, -0.2) is 83.7 Å². The van der Waals surface area contributed by atoms with E-state index in [9.17, 15) is 4.79 Å². The van der Waals surface area contributed by atoms with E-state index in [0.29, 0.717) is 16.8 Å². The molecule has 8 heteroatoms. The Morgan fingerprint density at radius 3 is 2.37 bits per heavy atom. The lowest BCUT2D eigenvalue weighted by molar-refractivity contribution is -0.192. The van der Waals surface area contributed by atoms with Crippen LogP contribution in [0.1, 0.15) is 49.0 Å². The summed E-state index contributed by atoms with van der Waals surface area (Å²) in [4.78, 5) is 17.5. The van der Waals surface area contributed by atoms with Crippen LogP contribution in [0, 0.1) is 0 Å². The first-order chi connectivity index (χ1) is 14.5. The molecule has 30 heavy (non-hydrogen) atoms. The van der Waals surface area contributed by atoms with E-state index in [1.165, 1.54) is 0 Å². The first-order valence-corrected chi connectivity index (χ1v) is 11.6. The fraction of sp³-hybridized carbons (Fsp3) is 0.773. The van der Waals surface area contributed by atoms with Crippen LogP contribution in [0.4, 0.5) is 0 Å².